The lowest BCUT2D eigenvalue weighted by atomic mass is 10.2. The number of amides is 4. The fourth-order valence-corrected chi connectivity index (χ4v) is 2.66. The number of carbonyl (C=O) groups is 3. The van der Waals surface area contributed by atoms with Crippen molar-refractivity contribution >= 4 is 28.9 Å². The molecule has 0 saturated carbocycles. The molecular formula is C14H17N3O4S. The minimum Gasteiger partial charge on any atom is -0.497 e. The van der Waals surface area contributed by atoms with E-state index in [1.165, 1.54) is 0 Å². The van der Waals surface area contributed by atoms with Crippen molar-refractivity contribution in [3.05, 3.63) is 29.8 Å². The number of imide groups is 1. The number of benzene rings is 1. The van der Waals surface area contributed by atoms with Gasteiger partial charge >= 0.3 is 6.03 Å². The summed E-state index contributed by atoms with van der Waals surface area (Å²) in [5, 5.41) is 5.05. The van der Waals surface area contributed by atoms with E-state index in [1.54, 1.807) is 7.11 Å². The van der Waals surface area contributed by atoms with Gasteiger partial charge < -0.3 is 15.4 Å². The quantitative estimate of drug-likeness (QED) is 0.821. The van der Waals surface area contributed by atoms with Crippen LogP contribution in [0.15, 0.2) is 24.3 Å². The molecular weight excluding hydrogens is 306 g/mol. The minimum absolute atomic E-state index is 0.181. The fraction of sp³-hybridized carbons (Fsp3) is 0.357. The van der Waals surface area contributed by atoms with Crippen LogP contribution in [0, 0.1) is 0 Å². The summed E-state index contributed by atoms with van der Waals surface area (Å²) in [6.45, 7) is 0.777. The van der Waals surface area contributed by atoms with Gasteiger partial charge in [0.15, 0.2) is 0 Å². The average molecular weight is 323 g/mol. The van der Waals surface area contributed by atoms with Gasteiger partial charge in [-0.05, 0) is 17.7 Å². The lowest BCUT2D eigenvalue weighted by molar-refractivity contribution is -0.124. The summed E-state index contributed by atoms with van der Waals surface area (Å²) in [4.78, 5) is 35.5. The summed E-state index contributed by atoms with van der Waals surface area (Å²) in [6, 6.07) is 7.03. The highest BCUT2D eigenvalue weighted by atomic mass is 32.2. The molecule has 0 aliphatic carbocycles. The molecule has 0 radical (unpaired) electrons. The number of nitrogens with one attached hydrogen (secondary N) is 2. The van der Waals surface area contributed by atoms with Crippen molar-refractivity contribution in [1.29, 1.82) is 0 Å². The third-order valence-corrected chi connectivity index (χ3v) is 3.91. The summed E-state index contributed by atoms with van der Waals surface area (Å²) in [5.74, 6) is 0.692. The van der Waals surface area contributed by atoms with Crippen LogP contribution < -0.4 is 15.4 Å². The van der Waals surface area contributed by atoms with Crippen LogP contribution in [0.3, 0.4) is 0 Å². The molecule has 1 heterocycles. The highest BCUT2D eigenvalue weighted by molar-refractivity contribution is 8.14. The molecule has 0 unspecified atom stereocenters. The van der Waals surface area contributed by atoms with Crippen LogP contribution >= 0.6 is 11.8 Å². The highest BCUT2D eigenvalue weighted by Gasteiger charge is 2.29. The molecule has 1 aromatic carbocycles. The molecule has 2 rings (SSSR count). The van der Waals surface area contributed by atoms with Gasteiger partial charge in [0, 0.05) is 19.6 Å². The van der Waals surface area contributed by atoms with Gasteiger partial charge in [-0.2, -0.15) is 0 Å². The van der Waals surface area contributed by atoms with Gasteiger partial charge in [0.05, 0.1) is 12.9 Å². The number of carbonyl (C=O) groups excluding carboxylic acids is 3. The number of urea groups is 1. The van der Waals surface area contributed by atoms with Crippen molar-refractivity contribution in [3.63, 3.8) is 0 Å². The van der Waals surface area contributed by atoms with Crippen LogP contribution in [0.2, 0.25) is 0 Å². The van der Waals surface area contributed by atoms with E-state index in [-0.39, 0.29) is 36.0 Å². The van der Waals surface area contributed by atoms with Gasteiger partial charge in [-0.15, -0.1) is 0 Å². The van der Waals surface area contributed by atoms with Gasteiger partial charge in [-0.1, -0.05) is 23.9 Å². The summed E-state index contributed by atoms with van der Waals surface area (Å²) < 4.78 is 5.10. The van der Waals surface area contributed by atoms with Crippen molar-refractivity contribution in [1.82, 2.24) is 15.5 Å². The van der Waals surface area contributed by atoms with Crippen molar-refractivity contribution in [2.75, 3.05) is 26.0 Å². The Morgan fingerprint density at radius 1 is 1.36 bits per heavy atom. The molecule has 0 aromatic heterocycles. The molecule has 1 fully saturated rings. The maximum Gasteiger partial charge on any atom is 0.315 e. The number of methoxy groups -OCH3 is 1. The van der Waals surface area contributed by atoms with E-state index < -0.39 is 0 Å². The van der Waals surface area contributed by atoms with E-state index in [1.807, 2.05) is 24.3 Å². The van der Waals surface area contributed by atoms with E-state index in [0.717, 1.165) is 28.0 Å². The molecule has 0 atom stereocenters. The monoisotopic (exact) mass is 323 g/mol. The first-order chi connectivity index (χ1) is 10.6. The zero-order chi connectivity index (χ0) is 15.9. The van der Waals surface area contributed by atoms with E-state index in [9.17, 15) is 14.4 Å². The highest BCUT2D eigenvalue weighted by Crippen LogP contribution is 2.17. The van der Waals surface area contributed by atoms with Crippen LogP contribution in [0.4, 0.5) is 9.59 Å². The third-order valence-electron chi connectivity index (χ3n) is 3.05. The fourth-order valence-electron chi connectivity index (χ4n) is 1.91. The van der Waals surface area contributed by atoms with Crippen LogP contribution in [0.25, 0.3) is 0 Å². The molecule has 1 saturated heterocycles. The second-order valence-corrected chi connectivity index (χ2v) is 5.49. The molecule has 1 aromatic rings. The van der Waals surface area contributed by atoms with Crippen LogP contribution in [-0.4, -0.2) is 48.0 Å². The Bertz CT molecular complexity index is 563. The number of hydrogen-bond donors (Lipinski definition) is 2. The topological polar surface area (TPSA) is 87.7 Å². The number of hydrogen-bond acceptors (Lipinski definition) is 5. The Hall–Kier alpha value is -2.22. The second-order valence-electron chi connectivity index (χ2n) is 4.56. The molecule has 2 N–H and O–H groups in total. The van der Waals surface area contributed by atoms with Crippen LogP contribution in [-0.2, 0) is 11.3 Å². The van der Waals surface area contributed by atoms with Gasteiger partial charge in [-0.3, -0.25) is 14.5 Å². The first-order valence-corrected chi connectivity index (χ1v) is 7.70. The molecule has 8 heteroatoms. The summed E-state index contributed by atoms with van der Waals surface area (Å²) in [6.07, 6.45) is 0. The number of ether oxygens (including phenoxy) is 1. The van der Waals surface area contributed by atoms with Crippen molar-refractivity contribution < 1.29 is 19.1 Å². The normalized spacial score (nSPS) is 14.1. The van der Waals surface area contributed by atoms with Crippen molar-refractivity contribution in [2.45, 2.75) is 6.54 Å². The number of thioether (sulfide) groups is 1. The molecule has 0 spiro atoms. The average Bonchev–Trinajstić information content (AvgIpc) is 2.85. The molecule has 1 aliphatic rings. The third kappa shape index (κ3) is 4.39. The van der Waals surface area contributed by atoms with Crippen molar-refractivity contribution in [3.8, 4) is 5.75 Å². The molecule has 7 nitrogen and oxygen atoms in total. The first kappa shape index (κ1) is 16.2. The SMILES string of the molecule is COc1cccc(CNC(=O)NCCN2C(=O)CSC2=O)c1. The lowest BCUT2D eigenvalue weighted by Crippen LogP contribution is -2.41. The van der Waals surface area contributed by atoms with Gasteiger partial charge in [0.25, 0.3) is 5.24 Å². The number of rotatable bonds is 6. The molecule has 1 aliphatic heterocycles. The predicted molar refractivity (Wildman–Crippen MR) is 82.8 cm³/mol. The van der Waals surface area contributed by atoms with Crippen LogP contribution in [0.1, 0.15) is 5.56 Å². The summed E-state index contributed by atoms with van der Waals surface area (Å²) in [7, 11) is 1.58. The zero-order valence-electron chi connectivity index (χ0n) is 12.1. The van der Waals surface area contributed by atoms with Crippen LogP contribution in [0.5, 0.6) is 5.75 Å². The molecule has 4 amide bonds. The molecule has 0 bridgehead atoms. The Morgan fingerprint density at radius 3 is 2.86 bits per heavy atom. The summed E-state index contributed by atoms with van der Waals surface area (Å²) in [5.41, 5.74) is 0.913. The maximum absolute atomic E-state index is 11.7. The molecule has 118 valence electrons. The Balaban J connectivity index is 1.69. The first-order valence-electron chi connectivity index (χ1n) is 6.72. The largest absolute Gasteiger partial charge is 0.497 e. The Labute approximate surface area is 132 Å². The smallest absolute Gasteiger partial charge is 0.315 e. The van der Waals surface area contributed by atoms with E-state index in [0.29, 0.717) is 6.54 Å². The standard InChI is InChI=1S/C14H17N3O4S/c1-21-11-4-2-3-10(7-11)8-16-13(19)15-5-6-17-12(18)9-22-14(17)20/h2-4,7H,5-6,8-9H2,1H3,(H2,15,16,19). The minimum atomic E-state index is -0.352. The van der Waals surface area contributed by atoms with Gasteiger partial charge in [-0.25, -0.2) is 4.79 Å². The van der Waals surface area contributed by atoms with E-state index in [2.05, 4.69) is 10.6 Å². The van der Waals surface area contributed by atoms with E-state index in [4.69, 9.17) is 4.74 Å². The second kappa shape index (κ2) is 7.69. The zero-order valence-corrected chi connectivity index (χ0v) is 12.9. The Morgan fingerprint density at radius 2 is 2.18 bits per heavy atom. The summed E-state index contributed by atoms with van der Waals surface area (Å²) >= 11 is 0.981. The number of nitrogens with zero attached hydrogens (tertiary/aromatic N) is 1. The molecule has 22 heavy (non-hydrogen) atoms. The lowest BCUT2D eigenvalue weighted by Gasteiger charge is -2.13. The predicted octanol–water partition coefficient (Wildman–Crippen LogP) is 1.19. The van der Waals surface area contributed by atoms with Gasteiger partial charge in [0.1, 0.15) is 5.75 Å². The maximum atomic E-state index is 11.7. The van der Waals surface area contributed by atoms with Gasteiger partial charge in [0.2, 0.25) is 5.91 Å². The van der Waals surface area contributed by atoms with E-state index >= 15 is 0 Å². The van der Waals surface area contributed by atoms with Crippen molar-refractivity contribution in [2.24, 2.45) is 0 Å². The Kier molecular flexibility index (Phi) is 5.65.